The second-order valence-corrected chi connectivity index (χ2v) is 3.38. The van der Waals surface area contributed by atoms with Gasteiger partial charge in [0.1, 0.15) is 0 Å². The summed E-state index contributed by atoms with van der Waals surface area (Å²) in [5.41, 5.74) is 2.33. The minimum atomic E-state index is 0.808. The van der Waals surface area contributed by atoms with Crippen LogP contribution in [0.5, 0.6) is 0 Å². The average Bonchev–Trinajstić information content (AvgIpc) is 2.27. The van der Waals surface area contributed by atoms with Crippen molar-refractivity contribution in [3.63, 3.8) is 0 Å². The molecule has 0 bridgehead atoms. The first-order chi connectivity index (χ1) is 7.36. The van der Waals surface area contributed by atoms with Crippen molar-refractivity contribution in [1.29, 1.82) is 0 Å². The van der Waals surface area contributed by atoms with Gasteiger partial charge in [-0.05, 0) is 37.6 Å². The minimum absolute atomic E-state index is 0.808. The fourth-order valence-corrected chi connectivity index (χ4v) is 1.36. The van der Waals surface area contributed by atoms with Crippen LogP contribution in [0.4, 0.5) is 11.4 Å². The summed E-state index contributed by atoms with van der Waals surface area (Å²) in [5, 5.41) is 6.60. The highest BCUT2D eigenvalue weighted by molar-refractivity contribution is 5.53. The van der Waals surface area contributed by atoms with Crippen LogP contribution in [0.2, 0.25) is 0 Å². The van der Waals surface area contributed by atoms with Gasteiger partial charge < -0.3 is 15.4 Å². The maximum absolute atomic E-state index is 4.98. The van der Waals surface area contributed by atoms with Gasteiger partial charge in [0.25, 0.3) is 0 Å². The van der Waals surface area contributed by atoms with Crippen LogP contribution in [0, 0.1) is 0 Å². The number of hydrogen-bond donors (Lipinski definition) is 2. The van der Waals surface area contributed by atoms with Gasteiger partial charge in [-0.3, -0.25) is 0 Å². The highest BCUT2D eigenvalue weighted by Gasteiger charge is 1.92. The predicted octanol–water partition coefficient (Wildman–Crippen LogP) is 2.57. The van der Waals surface area contributed by atoms with Gasteiger partial charge in [-0.1, -0.05) is 0 Å². The lowest BCUT2D eigenvalue weighted by Crippen LogP contribution is -2.04. The van der Waals surface area contributed by atoms with Gasteiger partial charge in [0.2, 0.25) is 0 Å². The predicted molar refractivity (Wildman–Crippen MR) is 65.6 cm³/mol. The molecule has 0 amide bonds. The first kappa shape index (κ1) is 11.9. The summed E-state index contributed by atoms with van der Waals surface area (Å²) in [5.74, 6) is 0. The summed E-state index contributed by atoms with van der Waals surface area (Å²) in [6.45, 7) is 4.81. The Labute approximate surface area is 91.8 Å². The van der Waals surface area contributed by atoms with E-state index < -0.39 is 0 Å². The van der Waals surface area contributed by atoms with Gasteiger partial charge in [0.15, 0.2) is 0 Å². The number of ether oxygens (including phenoxy) is 1. The number of methoxy groups -OCH3 is 1. The highest BCUT2D eigenvalue weighted by Crippen LogP contribution is 2.12. The first-order valence-electron chi connectivity index (χ1n) is 5.43. The molecule has 0 heterocycles. The second kappa shape index (κ2) is 7.12. The Morgan fingerprint density at radius 2 is 1.67 bits per heavy atom. The van der Waals surface area contributed by atoms with Crippen molar-refractivity contribution < 1.29 is 4.74 Å². The quantitative estimate of drug-likeness (QED) is 0.676. The van der Waals surface area contributed by atoms with Gasteiger partial charge in [0.05, 0.1) is 0 Å². The molecule has 1 aromatic carbocycles. The Hall–Kier alpha value is -1.22. The van der Waals surface area contributed by atoms with Crippen LogP contribution < -0.4 is 10.6 Å². The van der Waals surface area contributed by atoms with Crippen LogP contribution >= 0.6 is 0 Å². The third kappa shape index (κ3) is 4.70. The van der Waals surface area contributed by atoms with E-state index in [1.54, 1.807) is 7.11 Å². The number of rotatable bonds is 7. The molecule has 0 atom stereocenters. The summed E-state index contributed by atoms with van der Waals surface area (Å²) < 4.78 is 4.98. The topological polar surface area (TPSA) is 33.3 Å². The van der Waals surface area contributed by atoms with Crippen molar-refractivity contribution in [2.75, 3.05) is 37.4 Å². The molecule has 3 nitrogen and oxygen atoms in total. The SMILES string of the molecule is CCNc1ccc(NCCCOC)cc1. The van der Waals surface area contributed by atoms with E-state index in [2.05, 4.69) is 41.8 Å². The summed E-state index contributed by atoms with van der Waals surface area (Å²) in [6, 6.07) is 8.35. The van der Waals surface area contributed by atoms with E-state index in [4.69, 9.17) is 4.74 Å². The van der Waals surface area contributed by atoms with Crippen LogP contribution in [0.3, 0.4) is 0 Å². The molecule has 0 saturated carbocycles. The maximum atomic E-state index is 4.98. The van der Waals surface area contributed by atoms with E-state index in [0.717, 1.165) is 31.8 Å². The Morgan fingerprint density at radius 1 is 1.07 bits per heavy atom. The molecule has 0 fully saturated rings. The van der Waals surface area contributed by atoms with E-state index in [0.29, 0.717) is 0 Å². The summed E-state index contributed by atoms with van der Waals surface area (Å²) in [7, 11) is 1.73. The summed E-state index contributed by atoms with van der Waals surface area (Å²) in [6.07, 6.45) is 1.03. The summed E-state index contributed by atoms with van der Waals surface area (Å²) in [4.78, 5) is 0. The molecule has 15 heavy (non-hydrogen) atoms. The first-order valence-corrected chi connectivity index (χ1v) is 5.43. The normalized spacial score (nSPS) is 10.0. The largest absolute Gasteiger partial charge is 0.385 e. The molecule has 0 spiro atoms. The van der Waals surface area contributed by atoms with Crippen molar-refractivity contribution >= 4 is 11.4 Å². The van der Waals surface area contributed by atoms with E-state index in [1.165, 1.54) is 5.69 Å². The maximum Gasteiger partial charge on any atom is 0.0479 e. The van der Waals surface area contributed by atoms with Gasteiger partial charge in [-0.2, -0.15) is 0 Å². The van der Waals surface area contributed by atoms with E-state index in [1.807, 2.05) is 0 Å². The third-order valence-electron chi connectivity index (χ3n) is 2.12. The van der Waals surface area contributed by atoms with Gasteiger partial charge in [-0.25, -0.2) is 0 Å². The lowest BCUT2D eigenvalue weighted by atomic mass is 10.2. The van der Waals surface area contributed by atoms with Gasteiger partial charge >= 0.3 is 0 Å². The molecule has 0 aliphatic heterocycles. The molecule has 84 valence electrons. The zero-order valence-electron chi connectivity index (χ0n) is 9.55. The van der Waals surface area contributed by atoms with Crippen molar-refractivity contribution in [3.05, 3.63) is 24.3 Å². The van der Waals surface area contributed by atoms with Crippen molar-refractivity contribution in [2.45, 2.75) is 13.3 Å². The Kier molecular flexibility index (Phi) is 5.63. The lowest BCUT2D eigenvalue weighted by molar-refractivity contribution is 0.198. The fraction of sp³-hybridized carbons (Fsp3) is 0.500. The average molecular weight is 208 g/mol. The molecule has 3 heteroatoms. The van der Waals surface area contributed by atoms with Gasteiger partial charge in [-0.15, -0.1) is 0 Å². The molecule has 0 radical (unpaired) electrons. The number of anilines is 2. The molecule has 0 aliphatic rings. The summed E-state index contributed by atoms with van der Waals surface area (Å²) >= 11 is 0. The monoisotopic (exact) mass is 208 g/mol. The van der Waals surface area contributed by atoms with Crippen LogP contribution in [-0.2, 0) is 4.74 Å². The van der Waals surface area contributed by atoms with Crippen molar-refractivity contribution in [1.82, 2.24) is 0 Å². The Morgan fingerprint density at radius 3 is 2.20 bits per heavy atom. The van der Waals surface area contributed by atoms with Crippen LogP contribution in [0.25, 0.3) is 0 Å². The van der Waals surface area contributed by atoms with Crippen molar-refractivity contribution in [3.8, 4) is 0 Å². The highest BCUT2D eigenvalue weighted by atomic mass is 16.5. The van der Waals surface area contributed by atoms with Crippen LogP contribution in [0.1, 0.15) is 13.3 Å². The smallest absolute Gasteiger partial charge is 0.0479 e. The second-order valence-electron chi connectivity index (χ2n) is 3.38. The van der Waals surface area contributed by atoms with Crippen LogP contribution in [-0.4, -0.2) is 26.8 Å². The molecular weight excluding hydrogens is 188 g/mol. The fourth-order valence-electron chi connectivity index (χ4n) is 1.36. The zero-order chi connectivity index (χ0) is 10.9. The lowest BCUT2D eigenvalue weighted by Gasteiger charge is -2.07. The minimum Gasteiger partial charge on any atom is -0.385 e. The van der Waals surface area contributed by atoms with Crippen LogP contribution in [0.15, 0.2) is 24.3 Å². The molecule has 2 N–H and O–H groups in total. The number of benzene rings is 1. The molecule has 1 aromatic rings. The van der Waals surface area contributed by atoms with E-state index in [9.17, 15) is 0 Å². The van der Waals surface area contributed by atoms with E-state index >= 15 is 0 Å². The molecule has 0 unspecified atom stereocenters. The molecule has 1 rings (SSSR count). The molecule has 0 aromatic heterocycles. The Balaban J connectivity index is 2.29. The Bertz CT molecular complexity index is 259. The number of nitrogens with one attached hydrogen (secondary N) is 2. The van der Waals surface area contributed by atoms with Crippen molar-refractivity contribution in [2.24, 2.45) is 0 Å². The molecular formula is C12H20N2O. The van der Waals surface area contributed by atoms with Gasteiger partial charge in [0, 0.05) is 38.2 Å². The number of hydrogen-bond acceptors (Lipinski definition) is 3. The standard InChI is InChI=1S/C12H20N2O/c1-3-13-11-5-7-12(8-6-11)14-9-4-10-15-2/h5-8,13-14H,3-4,9-10H2,1-2H3. The molecule has 0 saturated heterocycles. The zero-order valence-corrected chi connectivity index (χ0v) is 9.55. The third-order valence-corrected chi connectivity index (χ3v) is 2.12. The molecule has 0 aliphatic carbocycles. The van der Waals surface area contributed by atoms with E-state index in [-0.39, 0.29) is 0 Å².